The summed E-state index contributed by atoms with van der Waals surface area (Å²) in [4.78, 5) is 2.63. The van der Waals surface area contributed by atoms with E-state index in [-0.39, 0.29) is 5.92 Å². The Bertz CT molecular complexity index is 351. The molecule has 0 radical (unpaired) electrons. The third kappa shape index (κ3) is 3.55. The van der Waals surface area contributed by atoms with Crippen molar-refractivity contribution in [1.29, 1.82) is 5.26 Å². The van der Waals surface area contributed by atoms with Gasteiger partial charge in [-0.1, -0.05) is 34.1 Å². The van der Waals surface area contributed by atoms with Crippen molar-refractivity contribution in [3.63, 3.8) is 0 Å². The van der Waals surface area contributed by atoms with E-state index in [1.165, 1.54) is 38.6 Å². The third-order valence-corrected chi connectivity index (χ3v) is 6.06. The van der Waals surface area contributed by atoms with Crippen LogP contribution in [0.25, 0.3) is 0 Å². The minimum absolute atomic E-state index is 0.262. The van der Waals surface area contributed by atoms with Crippen LogP contribution < -0.4 is 0 Å². The summed E-state index contributed by atoms with van der Waals surface area (Å²) in [6.07, 6.45) is 7.65. The van der Waals surface area contributed by atoms with Crippen LogP contribution in [0.1, 0.15) is 66.2 Å². The van der Waals surface area contributed by atoms with Crippen molar-refractivity contribution in [3.8, 4) is 6.07 Å². The second kappa shape index (κ2) is 6.48. The first-order valence-corrected chi connectivity index (χ1v) is 8.65. The molecule has 2 heteroatoms. The minimum Gasteiger partial charge on any atom is -0.299 e. The summed E-state index contributed by atoms with van der Waals surface area (Å²) in [6, 6.07) is 3.12. The molecule has 2 aliphatic carbocycles. The van der Waals surface area contributed by atoms with E-state index in [1.54, 1.807) is 0 Å². The average Bonchev–Trinajstić information content (AvgIpc) is 3.28. The summed E-state index contributed by atoms with van der Waals surface area (Å²) >= 11 is 0. The number of rotatable bonds is 6. The van der Waals surface area contributed by atoms with Crippen molar-refractivity contribution < 1.29 is 0 Å². The van der Waals surface area contributed by atoms with Gasteiger partial charge in [-0.15, -0.1) is 0 Å². The summed E-state index contributed by atoms with van der Waals surface area (Å²) in [6.45, 7) is 11.8. The standard InChI is InChI=1S/C18H32N2/c1-5-18(3,4)16-10-9-15(12-19)17(11-16)20(6-2)13-14-7-8-14/h14-17H,5-11,13H2,1-4H3. The first kappa shape index (κ1) is 15.8. The van der Waals surface area contributed by atoms with Gasteiger partial charge in [0.2, 0.25) is 0 Å². The van der Waals surface area contributed by atoms with Crippen LogP contribution in [0, 0.1) is 34.5 Å². The van der Waals surface area contributed by atoms with Crippen LogP contribution in [-0.4, -0.2) is 24.0 Å². The summed E-state index contributed by atoms with van der Waals surface area (Å²) in [5, 5.41) is 9.53. The predicted octanol–water partition coefficient (Wildman–Crippen LogP) is 4.46. The Balaban J connectivity index is 2.06. The lowest BCUT2D eigenvalue weighted by Crippen LogP contribution is -2.47. The van der Waals surface area contributed by atoms with Crippen LogP contribution in [-0.2, 0) is 0 Å². The minimum atomic E-state index is 0.262. The van der Waals surface area contributed by atoms with E-state index in [9.17, 15) is 5.26 Å². The summed E-state index contributed by atoms with van der Waals surface area (Å²) in [5.41, 5.74) is 0.428. The highest BCUT2D eigenvalue weighted by Crippen LogP contribution is 2.44. The Labute approximate surface area is 125 Å². The van der Waals surface area contributed by atoms with Crippen molar-refractivity contribution in [3.05, 3.63) is 0 Å². The highest BCUT2D eigenvalue weighted by atomic mass is 15.2. The molecule has 3 atom stereocenters. The van der Waals surface area contributed by atoms with Crippen molar-refractivity contribution in [2.24, 2.45) is 23.2 Å². The van der Waals surface area contributed by atoms with Crippen LogP contribution in [0.15, 0.2) is 0 Å². The fraction of sp³-hybridized carbons (Fsp3) is 0.944. The molecular formula is C18H32N2. The quantitative estimate of drug-likeness (QED) is 0.716. The number of hydrogen-bond acceptors (Lipinski definition) is 2. The maximum absolute atomic E-state index is 9.53. The van der Waals surface area contributed by atoms with E-state index in [0.29, 0.717) is 11.5 Å². The largest absolute Gasteiger partial charge is 0.299 e. The maximum Gasteiger partial charge on any atom is 0.0672 e. The fourth-order valence-electron chi connectivity index (χ4n) is 3.83. The van der Waals surface area contributed by atoms with Crippen molar-refractivity contribution >= 4 is 0 Å². The first-order chi connectivity index (χ1) is 9.51. The van der Waals surface area contributed by atoms with Crippen molar-refractivity contribution in [1.82, 2.24) is 4.90 Å². The van der Waals surface area contributed by atoms with Gasteiger partial charge in [-0.2, -0.15) is 5.26 Å². The van der Waals surface area contributed by atoms with Crippen LogP contribution in [0.2, 0.25) is 0 Å². The van der Waals surface area contributed by atoms with E-state index < -0.39 is 0 Å². The number of hydrogen-bond donors (Lipinski definition) is 0. The van der Waals surface area contributed by atoms with Crippen LogP contribution >= 0.6 is 0 Å². The molecule has 114 valence electrons. The lowest BCUT2D eigenvalue weighted by molar-refractivity contribution is 0.0518. The normalized spacial score (nSPS) is 31.3. The molecule has 2 rings (SSSR count). The Kier molecular flexibility index (Phi) is 5.13. The van der Waals surface area contributed by atoms with E-state index in [1.807, 2.05) is 0 Å². The molecule has 0 aromatic carbocycles. The van der Waals surface area contributed by atoms with Gasteiger partial charge in [-0.05, 0) is 55.9 Å². The summed E-state index contributed by atoms with van der Waals surface area (Å²) < 4.78 is 0. The zero-order valence-electron chi connectivity index (χ0n) is 13.9. The molecule has 0 heterocycles. The summed E-state index contributed by atoms with van der Waals surface area (Å²) in [7, 11) is 0. The molecule has 2 saturated carbocycles. The Morgan fingerprint density at radius 2 is 1.85 bits per heavy atom. The lowest BCUT2D eigenvalue weighted by Gasteiger charge is -2.45. The van der Waals surface area contributed by atoms with Gasteiger partial charge < -0.3 is 0 Å². The van der Waals surface area contributed by atoms with Crippen LogP contribution in [0.3, 0.4) is 0 Å². The molecule has 0 bridgehead atoms. The van der Waals surface area contributed by atoms with Crippen molar-refractivity contribution in [2.45, 2.75) is 72.3 Å². The molecule has 2 nitrogen and oxygen atoms in total. The molecule has 0 spiro atoms. The van der Waals surface area contributed by atoms with Gasteiger partial charge in [-0.25, -0.2) is 0 Å². The molecule has 0 N–H and O–H groups in total. The number of nitriles is 1. The molecule has 0 aromatic rings. The molecule has 0 amide bonds. The van der Waals surface area contributed by atoms with E-state index in [2.05, 4.69) is 38.7 Å². The molecule has 0 aliphatic heterocycles. The zero-order valence-corrected chi connectivity index (χ0v) is 13.9. The van der Waals surface area contributed by atoms with Gasteiger partial charge in [0, 0.05) is 12.6 Å². The second-order valence-electron chi connectivity index (χ2n) is 7.69. The zero-order chi connectivity index (χ0) is 14.8. The highest BCUT2D eigenvalue weighted by molar-refractivity contribution is 5.00. The van der Waals surface area contributed by atoms with Crippen LogP contribution in [0.4, 0.5) is 0 Å². The van der Waals surface area contributed by atoms with Gasteiger partial charge in [0.25, 0.3) is 0 Å². The molecule has 0 aromatic heterocycles. The van der Waals surface area contributed by atoms with E-state index in [0.717, 1.165) is 24.8 Å². The summed E-state index contributed by atoms with van der Waals surface area (Å²) in [5.74, 6) is 1.97. The Morgan fingerprint density at radius 3 is 2.35 bits per heavy atom. The van der Waals surface area contributed by atoms with Gasteiger partial charge >= 0.3 is 0 Å². The van der Waals surface area contributed by atoms with Gasteiger partial charge in [0.05, 0.1) is 12.0 Å². The highest BCUT2D eigenvalue weighted by Gasteiger charge is 2.40. The Morgan fingerprint density at radius 1 is 1.15 bits per heavy atom. The van der Waals surface area contributed by atoms with Gasteiger partial charge in [0.15, 0.2) is 0 Å². The maximum atomic E-state index is 9.53. The molecule has 2 fully saturated rings. The first-order valence-electron chi connectivity index (χ1n) is 8.65. The Hall–Kier alpha value is -0.550. The topological polar surface area (TPSA) is 27.0 Å². The molecule has 3 unspecified atom stereocenters. The molecule has 2 aliphatic rings. The van der Waals surface area contributed by atoms with Crippen LogP contribution in [0.5, 0.6) is 0 Å². The molecule has 20 heavy (non-hydrogen) atoms. The third-order valence-electron chi connectivity index (χ3n) is 6.06. The molecule has 0 saturated heterocycles. The van der Waals surface area contributed by atoms with Gasteiger partial charge in [0.1, 0.15) is 0 Å². The smallest absolute Gasteiger partial charge is 0.0672 e. The second-order valence-corrected chi connectivity index (χ2v) is 7.69. The van der Waals surface area contributed by atoms with E-state index in [4.69, 9.17) is 0 Å². The molecular weight excluding hydrogens is 244 g/mol. The van der Waals surface area contributed by atoms with E-state index >= 15 is 0 Å². The monoisotopic (exact) mass is 276 g/mol. The number of nitrogens with zero attached hydrogens (tertiary/aromatic N) is 2. The van der Waals surface area contributed by atoms with Crippen molar-refractivity contribution in [2.75, 3.05) is 13.1 Å². The average molecular weight is 276 g/mol. The van der Waals surface area contributed by atoms with Gasteiger partial charge in [-0.3, -0.25) is 4.90 Å². The lowest BCUT2D eigenvalue weighted by atomic mass is 9.66. The SMILES string of the molecule is CCN(CC1CC1)C1CC(C(C)(C)CC)CCC1C#N. The predicted molar refractivity (Wildman–Crippen MR) is 84.3 cm³/mol. The fourth-order valence-corrected chi connectivity index (χ4v) is 3.83.